The molecule has 1 rings (SSSR count). The number of nitriles is 1. The Morgan fingerprint density at radius 1 is 1.56 bits per heavy atom. The Kier molecular flexibility index (Phi) is 5.61. The molecule has 1 heterocycles. The van der Waals surface area contributed by atoms with Gasteiger partial charge in [0.1, 0.15) is 0 Å². The predicted molar refractivity (Wildman–Crippen MR) is 72.7 cm³/mol. The van der Waals surface area contributed by atoms with Crippen molar-refractivity contribution in [2.45, 2.75) is 46.5 Å². The highest BCUT2D eigenvalue weighted by atomic mass is 16.4. The Bertz CT molecular complexity index is 330. The van der Waals surface area contributed by atoms with Gasteiger partial charge in [0.05, 0.1) is 17.2 Å². The van der Waals surface area contributed by atoms with Gasteiger partial charge in [-0.3, -0.25) is 0 Å². The molecular weight excluding hydrogens is 226 g/mol. The normalized spacial score (nSPS) is 24.1. The molecule has 0 aromatic carbocycles. The first-order chi connectivity index (χ1) is 8.52. The summed E-state index contributed by atoms with van der Waals surface area (Å²) in [4.78, 5) is 2.43. The predicted octanol–water partition coefficient (Wildman–Crippen LogP) is 2.88. The highest BCUT2D eigenvalue weighted by Gasteiger charge is 2.25. The van der Waals surface area contributed by atoms with Crippen LogP contribution in [0.4, 0.5) is 0 Å². The summed E-state index contributed by atoms with van der Waals surface area (Å²) in [6.07, 6.45) is 3.90. The Balaban J connectivity index is 2.35. The van der Waals surface area contributed by atoms with Crippen LogP contribution in [0.5, 0.6) is 0 Å². The second-order valence-electron chi connectivity index (χ2n) is 5.85. The van der Waals surface area contributed by atoms with Crippen molar-refractivity contribution in [1.29, 1.82) is 5.26 Å². The lowest BCUT2D eigenvalue weighted by molar-refractivity contribution is 0.217. The van der Waals surface area contributed by atoms with Crippen LogP contribution in [-0.4, -0.2) is 35.5 Å². The standard InChI is InChI=1S/C14H25N3O/c1-4-12-10-17(9-6-13(12)16-18)8-5-7-14(2,3)11-15/h12,18H,4-10H2,1-3H3. The molecule has 1 fully saturated rings. The molecule has 1 aliphatic heterocycles. The maximum absolute atomic E-state index is 8.97. The van der Waals surface area contributed by atoms with Gasteiger partial charge in [0, 0.05) is 25.4 Å². The van der Waals surface area contributed by atoms with E-state index in [4.69, 9.17) is 10.5 Å². The summed E-state index contributed by atoms with van der Waals surface area (Å²) in [6.45, 7) is 9.13. The third-order valence-corrected chi connectivity index (χ3v) is 3.83. The third kappa shape index (κ3) is 4.30. The summed E-state index contributed by atoms with van der Waals surface area (Å²) < 4.78 is 0. The van der Waals surface area contributed by atoms with Crippen molar-refractivity contribution in [3.05, 3.63) is 0 Å². The molecule has 4 heteroatoms. The molecule has 1 atom stereocenters. The Labute approximate surface area is 110 Å². The van der Waals surface area contributed by atoms with E-state index in [9.17, 15) is 0 Å². The second kappa shape index (κ2) is 6.75. The lowest BCUT2D eigenvalue weighted by Crippen LogP contribution is -2.41. The van der Waals surface area contributed by atoms with E-state index >= 15 is 0 Å². The minimum Gasteiger partial charge on any atom is -0.411 e. The van der Waals surface area contributed by atoms with Crippen molar-refractivity contribution in [3.63, 3.8) is 0 Å². The Hall–Kier alpha value is -1.08. The van der Waals surface area contributed by atoms with E-state index < -0.39 is 0 Å². The average molecular weight is 251 g/mol. The summed E-state index contributed by atoms with van der Waals surface area (Å²) in [5, 5.41) is 21.3. The summed E-state index contributed by atoms with van der Waals surface area (Å²) in [7, 11) is 0. The van der Waals surface area contributed by atoms with E-state index in [-0.39, 0.29) is 5.41 Å². The van der Waals surface area contributed by atoms with Crippen LogP contribution in [0.1, 0.15) is 46.5 Å². The van der Waals surface area contributed by atoms with E-state index in [2.05, 4.69) is 23.0 Å². The minimum absolute atomic E-state index is 0.211. The van der Waals surface area contributed by atoms with Gasteiger partial charge < -0.3 is 10.1 Å². The van der Waals surface area contributed by atoms with Crippen molar-refractivity contribution < 1.29 is 5.21 Å². The SMILES string of the molecule is CCC1CN(CCCC(C)(C)C#N)CCC1=NO. The lowest BCUT2D eigenvalue weighted by atomic mass is 9.89. The maximum atomic E-state index is 8.97. The molecule has 1 unspecified atom stereocenters. The van der Waals surface area contributed by atoms with Gasteiger partial charge in [-0.1, -0.05) is 12.1 Å². The molecule has 0 saturated carbocycles. The smallest absolute Gasteiger partial charge is 0.0683 e. The third-order valence-electron chi connectivity index (χ3n) is 3.83. The fourth-order valence-corrected chi connectivity index (χ4v) is 2.49. The van der Waals surface area contributed by atoms with Crippen LogP contribution >= 0.6 is 0 Å². The molecule has 0 spiro atoms. The van der Waals surface area contributed by atoms with E-state index in [0.717, 1.165) is 51.0 Å². The fraction of sp³-hybridized carbons (Fsp3) is 0.857. The van der Waals surface area contributed by atoms with E-state index in [1.807, 2.05) is 13.8 Å². The highest BCUT2D eigenvalue weighted by Crippen LogP contribution is 2.22. The molecule has 0 amide bonds. The van der Waals surface area contributed by atoms with Gasteiger partial charge in [-0.25, -0.2) is 0 Å². The van der Waals surface area contributed by atoms with Gasteiger partial charge in [0.15, 0.2) is 0 Å². The number of rotatable bonds is 5. The molecule has 1 saturated heterocycles. The maximum Gasteiger partial charge on any atom is 0.0683 e. The van der Waals surface area contributed by atoms with E-state index in [1.165, 1.54) is 0 Å². The van der Waals surface area contributed by atoms with Crippen molar-refractivity contribution in [3.8, 4) is 6.07 Å². The van der Waals surface area contributed by atoms with Crippen LogP contribution in [0.25, 0.3) is 0 Å². The van der Waals surface area contributed by atoms with E-state index in [0.29, 0.717) is 5.92 Å². The fourth-order valence-electron chi connectivity index (χ4n) is 2.49. The van der Waals surface area contributed by atoms with E-state index in [1.54, 1.807) is 0 Å². The Morgan fingerprint density at radius 3 is 2.83 bits per heavy atom. The number of likely N-dealkylation sites (tertiary alicyclic amines) is 1. The summed E-state index contributed by atoms with van der Waals surface area (Å²) in [6, 6.07) is 2.34. The number of hydrogen-bond acceptors (Lipinski definition) is 4. The Morgan fingerprint density at radius 2 is 2.28 bits per heavy atom. The zero-order valence-corrected chi connectivity index (χ0v) is 11.8. The molecule has 0 aliphatic carbocycles. The molecule has 18 heavy (non-hydrogen) atoms. The molecule has 1 N–H and O–H groups in total. The van der Waals surface area contributed by atoms with Crippen LogP contribution in [0, 0.1) is 22.7 Å². The second-order valence-corrected chi connectivity index (χ2v) is 5.85. The van der Waals surface area contributed by atoms with Gasteiger partial charge in [0.2, 0.25) is 0 Å². The van der Waals surface area contributed by atoms with Crippen LogP contribution in [0.15, 0.2) is 5.16 Å². The quantitative estimate of drug-likeness (QED) is 0.603. The molecule has 102 valence electrons. The van der Waals surface area contributed by atoms with Gasteiger partial charge in [-0.05, 0) is 39.7 Å². The van der Waals surface area contributed by atoms with Crippen LogP contribution in [-0.2, 0) is 0 Å². The van der Waals surface area contributed by atoms with Crippen LogP contribution < -0.4 is 0 Å². The lowest BCUT2D eigenvalue weighted by Gasteiger charge is -2.33. The summed E-state index contributed by atoms with van der Waals surface area (Å²) in [5.74, 6) is 0.396. The minimum atomic E-state index is -0.211. The first kappa shape index (κ1) is 15.0. The molecule has 0 bridgehead atoms. The zero-order valence-electron chi connectivity index (χ0n) is 11.8. The van der Waals surface area contributed by atoms with Crippen LogP contribution in [0.3, 0.4) is 0 Å². The first-order valence-corrected chi connectivity index (χ1v) is 6.87. The highest BCUT2D eigenvalue weighted by molar-refractivity contribution is 5.87. The number of nitrogens with zero attached hydrogens (tertiary/aromatic N) is 3. The number of hydrogen-bond donors (Lipinski definition) is 1. The van der Waals surface area contributed by atoms with Gasteiger partial charge >= 0.3 is 0 Å². The van der Waals surface area contributed by atoms with Crippen molar-refractivity contribution >= 4 is 5.71 Å². The largest absolute Gasteiger partial charge is 0.411 e. The molecule has 0 aromatic heterocycles. The molecule has 1 aliphatic rings. The monoisotopic (exact) mass is 251 g/mol. The van der Waals surface area contributed by atoms with Crippen LogP contribution in [0.2, 0.25) is 0 Å². The topological polar surface area (TPSA) is 59.6 Å². The first-order valence-electron chi connectivity index (χ1n) is 6.87. The van der Waals surface area contributed by atoms with Crippen molar-refractivity contribution in [2.75, 3.05) is 19.6 Å². The van der Waals surface area contributed by atoms with Gasteiger partial charge in [0.25, 0.3) is 0 Å². The summed E-state index contributed by atoms with van der Waals surface area (Å²) in [5.41, 5.74) is 0.739. The van der Waals surface area contributed by atoms with Gasteiger partial charge in [-0.15, -0.1) is 0 Å². The molecular formula is C14H25N3O. The number of piperidine rings is 1. The van der Waals surface area contributed by atoms with Crippen molar-refractivity contribution in [1.82, 2.24) is 4.90 Å². The molecule has 0 radical (unpaired) electrons. The van der Waals surface area contributed by atoms with Crippen molar-refractivity contribution in [2.24, 2.45) is 16.5 Å². The molecule has 4 nitrogen and oxygen atoms in total. The average Bonchev–Trinajstić information content (AvgIpc) is 2.38. The summed E-state index contributed by atoms with van der Waals surface area (Å²) >= 11 is 0. The molecule has 0 aromatic rings. The van der Waals surface area contributed by atoms with Gasteiger partial charge in [-0.2, -0.15) is 5.26 Å². The zero-order chi connectivity index (χ0) is 13.6. The number of oxime groups is 1.